The fourth-order valence-electron chi connectivity index (χ4n) is 2.21. The molecule has 2 unspecified atom stereocenters. The Labute approximate surface area is 115 Å². The van der Waals surface area contributed by atoms with Crippen LogP contribution in [0.2, 0.25) is 0 Å². The van der Waals surface area contributed by atoms with Crippen LogP contribution in [0, 0.1) is 12.8 Å². The van der Waals surface area contributed by atoms with Gasteiger partial charge in [-0.15, -0.1) is 11.8 Å². The Balaban J connectivity index is 2.31. The summed E-state index contributed by atoms with van der Waals surface area (Å²) < 4.78 is 0. The summed E-state index contributed by atoms with van der Waals surface area (Å²) in [5.74, 6) is 0.643. The Kier molecular flexibility index (Phi) is 4.71. The van der Waals surface area contributed by atoms with E-state index in [-0.39, 0.29) is 0 Å². The highest BCUT2D eigenvalue weighted by Crippen LogP contribution is 2.29. The van der Waals surface area contributed by atoms with Crippen molar-refractivity contribution in [3.05, 3.63) is 53.6 Å². The van der Waals surface area contributed by atoms with Gasteiger partial charge in [-0.25, -0.2) is 0 Å². The van der Waals surface area contributed by atoms with Gasteiger partial charge in [0.2, 0.25) is 0 Å². The molecule has 1 heterocycles. The van der Waals surface area contributed by atoms with Crippen LogP contribution in [-0.4, -0.2) is 5.25 Å². The van der Waals surface area contributed by atoms with Crippen LogP contribution in [0.25, 0.3) is 0 Å². The molecule has 0 N–H and O–H groups in total. The van der Waals surface area contributed by atoms with E-state index in [4.69, 9.17) is 0 Å². The highest BCUT2D eigenvalue weighted by atomic mass is 32.2. The van der Waals surface area contributed by atoms with E-state index in [1.165, 1.54) is 16.0 Å². The third-order valence-corrected chi connectivity index (χ3v) is 4.43. The predicted octanol–water partition coefficient (Wildman–Crippen LogP) is 5.17. The molecule has 0 fully saturated rings. The van der Waals surface area contributed by atoms with Crippen LogP contribution in [0.5, 0.6) is 0 Å². The van der Waals surface area contributed by atoms with Crippen LogP contribution >= 0.6 is 11.8 Å². The van der Waals surface area contributed by atoms with Gasteiger partial charge in [0.1, 0.15) is 0 Å². The molecule has 0 spiro atoms. The zero-order chi connectivity index (χ0) is 13.0. The minimum atomic E-state index is 0.553. The molecule has 0 radical (unpaired) electrons. The second kappa shape index (κ2) is 6.29. The maximum atomic E-state index is 2.34. The van der Waals surface area contributed by atoms with Crippen LogP contribution in [0.15, 0.2) is 47.4 Å². The normalized spacial score (nSPS) is 26.2. The molecule has 1 aliphatic heterocycles. The van der Waals surface area contributed by atoms with Crippen molar-refractivity contribution in [3.63, 3.8) is 0 Å². The lowest BCUT2D eigenvalue weighted by Gasteiger charge is -2.11. The third-order valence-electron chi connectivity index (χ3n) is 3.25. The van der Waals surface area contributed by atoms with Gasteiger partial charge in [-0.2, -0.15) is 0 Å². The summed E-state index contributed by atoms with van der Waals surface area (Å²) in [5, 5.41) is 0.553. The number of benzene rings is 1. The number of rotatable bonds is 0. The van der Waals surface area contributed by atoms with E-state index in [1.807, 2.05) is 11.8 Å². The average molecular weight is 258 g/mol. The zero-order valence-corrected chi connectivity index (χ0v) is 12.3. The van der Waals surface area contributed by atoms with Gasteiger partial charge in [0.25, 0.3) is 0 Å². The highest BCUT2D eigenvalue weighted by molar-refractivity contribution is 8.00. The standard InChI is InChI=1S/C17H22S/c1-13-6-4-8-15(3)18-17-11-10-14(2)12-16(17)9-5-7-13/h4-5,7-8,10-13,15H,6,9H2,1-3H3/b7-5?,8-4-. The van der Waals surface area contributed by atoms with Crippen molar-refractivity contribution in [3.8, 4) is 0 Å². The lowest BCUT2D eigenvalue weighted by molar-refractivity contribution is 0.740. The Hall–Kier alpha value is -0.950. The minimum absolute atomic E-state index is 0.553. The first-order chi connectivity index (χ1) is 8.65. The molecule has 0 amide bonds. The summed E-state index contributed by atoms with van der Waals surface area (Å²) in [7, 11) is 0. The van der Waals surface area contributed by atoms with Gasteiger partial charge in [-0.05, 0) is 44.2 Å². The molecule has 1 aliphatic rings. The van der Waals surface area contributed by atoms with Gasteiger partial charge in [-0.1, -0.05) is 48.9 Å². The maximum Gasteiger partial charge on any atom is 0.0246 e. The van der Waals surface area contributed by atoms with E-state index >= 15 is 0 Å². The zero-order valence-electron chi connectivity index (χ0n) is 11.5. The Morgan fingerprint density at radius 1 is 1.11 bits per heavy atom. The minimum Gasteiger partial charge on any atom is -0.119 e. The molecule has 0 saturated heterocycles. The number of fused-ring (bicyclic) bond motifs is 1. The third kappa shape index (κ3) is 3.78. The fourth-order valence-corrected chi connectivity index (χ4v) is 3.24. The maximum absolute atomic E-state index is 2.34. The van der Waals surface area contributed by atoms with Crippen LogP contribution in [0.4, 0.5) is 0 Å². The van der Waals surface area contributed by atoms with Crippen LogP contribution in [0.3, 0.4) is 0 Å². The van der Waals surface area contributed by atoms with Crippen molar-refractivity contribution >= 4 is 11.8 Å². The van der Waals surface area contributed by atoms with E-state index in [0.717, 1.165) is 12.8 Å². The largest absolute Gasteiger partial charge is 0.119 e. The summed E-state index contributed by atoms with van der Waals surface area (Å²) in [5.41, 5.74) is 2.82. The fraction of sp³-hybridized carbons (Fsp3) is 0.412. The van der Waals surface area contributed by atoms with E-state index in [9.17, 15) is 0 Å². The van der Waals surface area contributed by atoms with E-state index < -0.39 is 0 Å². The number of aryl methyl sites for hydroxylation is 1. The number of thioether (sulfide) groups is 1. The van der Waals surface area contributed by atoms with Crippen LogP contribution in [-0.2, 0) is 6.42 Å². The number of allylic oxidation sites excluding steroid dienone is 3. The molecule has 0 saturated carbocycles. The average Bonchev–Trinajstić information content (AvgIpc) is 2.34. The van der Waals surface area contributed by atoms with Crippen LogP contribution < -0.4 is 0 Å². The lowest BCUT2D eigenvalue weighted by Crippen LogP contribution is -1.94. The van der Waals surface area contributed by atoms with Gasteiger partial charge >= 0.3 is 0 Å². The molecule has 0 aliphatic carbocycles. The molecular formula is C17H22S. The van der Waals surface area contributed by atoms with E-state index in [2.05, 4.69) is 63.3 Å². The first-order valence-electron chi connectivity index (χ1n) is 6.74. The second-order valence-electron chi connectivity index (χ2n) is 5.21. The monoisotopic (exact) mass is 258 g/mol. The van der Waals surface area contributed by atoms with Gasteiger partial charge < -0.3 is 0 Å². The predicted molar refractivity (Wildman–Crippen MR) is 82.3 cm³/mol. The van der Waals surface area contributed by atoms with Crippen molar-refractivity contribution in [1.29, 1.82) is 0 Å². The summed E-state index contributed by atoms with van der Waals surface area (Å²) >= 11 is 1.97. The van der Waals surface area contributed by atoms with Gasteiger partial charge in [0, 0.05) is 10.1 Å². The molecule has 1 heteroatoms. The van der Waals surface area contributed by atoms with Crippen molar-refractivity contribution in [1.82, 2.24) is 0 Å². The lowest BCUT2D eigenvalue weighted by atomic mass is 10.0. The van der Waals surface area contributed by atoms with Gasteiger partial charge in [-0.3, -0.25) is 0 Å². The van der Waals surface area contributed by atoms with Gasteiger partial charge in [0.05, 0.1) is 0 Å². The first-order valence-corrected chi connectivity index (χ1v) is 7.62. The Bertz CT molecular complexity index is 457. The molecule has 1 aromatic carbocycles. The SMILES string of the molecule is Cc1ccc2c(c1)CC=CC(C)C/C=C\C(C)S2. The van der Waals surface area contributed by atoms with Crippen LogP contribution in [0.1, 0.15) is 31.4 Å². The van der Waals surface area contributed by atoms with Crippen molar-refractivity contribution < 1.29 is 0 Å². The number of hydrogen-bond acceptors (Lipinski definition) is 1. The molecule has 96 valence electrons. The highest BCUT2D eigenvalue weighted by Gasteiger charge is 2.07. The van der Waals surface area contributed by atoms with Crippen molar-refractivity contribution in [2.75, 3.05) is 0 Å². The molecule has 2 atom stereocenters. The Morgan fingerprint density at radius 3 is 2.78 bits per heavy atom. The molecular weight excluding hydrogens is 236 g/mol. The molecule has 2 rings (SSSR count). The summed E-state index contributed by atoms with van der Waals surface area (Å²) in [6.45, 7) is 6.74. The summed E-state index contributed by atoms with van der Waals surface area (Å²) in [6, 6.07) is 6.81. The quantitative estimate of drug-likeness (QED) is 0.578. The first kappa shape index (κ1) is 13.5. The number of hydrogen-bond donors (Lipinski definition) is 0. The molecule has 0 nitrogen and oxygen atoms in total. The van der Waals surface area contributed by atoms with Gasteiger partial charge in [0.15, 0.2) is 0 Å². The smallest absolute Gasteiger partial charge is 0.0246 e. The summed E-state index contributed by atoms with van der Waals surface area (Å²) in [4.78, 5) is 1.43. The Morgan fingerprint density at radius 2 is 1.94 bits per heavy atom. The molecule has 18 heavy (non-hydrogen) atoms. The summed E-state index contributed by atoms with van der Waals surface area (Å²) in [6.07, 6.45) is 11.5. The molecule has 0 bridgehead atoms. The topological polar surface area (TPSA) is 0 Å². The molecule has 1 aromatic rings. The van der Waals surface area contributed by atoms with Crippen molar-refractivity contribution in [2.45, 2.75) is 43.8 Å². The van der Waals surface area contributed by atoms with E-state index in [0.29, 0.717) is 11.2 Å². The second-order valence-corrected chi connectivity index (χ2v) is 6.63. The molecule has 0 aromatic heterocycles. The van der Waals surface area contributed by atoms with Crippen molar-refractivity contribution in [2.24, 2.45) is 5.92 Å². The van der Waals surface area contributed by atoms with E-state index in [1.54, 1.807) is 0 Å².